The molecule has 0 N–H and O–H groups in total. The molecule has 2 heterocycles. The maximum atomic E-state index is 12.1. The number of carbonyl (C=O) groups is 1. The second kappa shape index (κ2) is 8.02. The molecule has 2 aliphatic heterocycles. The van der Waals surface area contributed by atoms with Gasteiger partial charge in [0, 0.05) is 39.1 Å². The second-order valence-corrected chi connectivity index (χ2v) is 7.92. The van der Waals surface area contributed by atoms with Crippen LogP contribution >= 0.6 is 0 Å². The first-order valence-corrected chi connectivity index (χ1v) is 9.11. The lowest BCUT2D eigenvalue weighted by molar-refractivity contribution is 0.0186. The van der Waals surface area contributed by atoms with Crippen LogP contribution in [0.5, 0.6) is 0 Å². The van der Waals surface area contributed by atoms with E-state index in [0.717, 1.165) is 39.1 Å². The van der Waals surface area contributed by atoms with E-state index in [0.29, 0.717) is 5.92 Å². The maximum Gasteiger partial charge on any atom is 0.410 e. The summed E-state index contributed by atoms with van der Waals surface area (Å²) in [5.41, 5.74) is -0.424. The van der Waals surface area contributed by atoms with Crippen LogP contribution in [0, 0.1) is 5.92 Å². The molecule has 2 aliphatic rings. The summed E-state index contributed by atoms with van der Waals surface area (Å²) >= 11 is 0. The molecule has 1 unspecified atom stereocenters. The molecular weight excluding hydrogens is 290 g/mol. The first kappa shape index (κ1) is 18.1. The second-order valence-electron chi connectivity index (χ2n) is 7.92. The highest BCUT2D eigenvalue weighted by molar-refractivity contribution is 5.82. The molecule has 2 rings (SSSR count). The lowest BCUT2D eigenvalue weighted by Crippen LogP contribution is -2.51. The minimum Gasteiger partial charge on any atom is -0.444 e. The number of carbonyl (C=O) groups excluding carboxylic acids is 1. The number of amides is 1. The van der Waals surface area contributed by atoms with E-state index in [9.17, 15) is 4.79 Å². The summed E-state index contributed by atoms with van der Waals surface area (Å²) < 4.78 is 5.46. The number of amidine groups is 1. The molecule has 0 spiro atoms. The largest absolute Gasteiger partial charge is 0.444 e. The maximum absolute atomic E-state index is 12.1. The smallest absolute Gasteiger partial charge is 0.410 e. The molecule has 1 atom stereocenters. The van der Waals surface area contributed by atoms with Crippen molar-refractivity contribution < 1.29 is 9.53 Å². The highest BCUT2D eigenvalue weighted by Gasteiger charge is 2.27. The number of piperazine rings is 1. The summed E-state index contributed by atoms with van der Waals surface area (Å²) in [7, 11) is 0. The van der Waals surface area contributed by atoms with E-state index in [1.807, 2.05) is 25.7 Å². The van der Waals surface area contributed by atoms with Gasteiger partial charge in [0.25, 0.3) is 0 Å². The van der Waals surface area contributed by atoms with Gasteiger partial charge in [-0.25, -0.2) is 4.79 Å². The van der Waals surface area contributed by atoms with Crippen molar-refractivity contribution in [3.63, 3.8) is 0 Å². The van der Waals surface area contributed by atoms with Crippen molar-refractivity contribution in [3.8, 4) is 0 Å². The number of hydrogen-bond donors (Lipinski definition) is 0. The van der Waals surface area contributed by atoms with E-state index < -0.39 is 5.60 Å². The Kier molecular flexibility index (Phi) is 6.31. The topological polar surface area (TPSA) is 45.1 Å². The Hall–Kier alpha value is -1.26. The Morgan fingerprint density at radius 2 is 1.83 bits per heavy atom. The van der Waals surface area contributed by atoms with Crippen molar-refractivity contribution in [3.05, 3.63) is 0 Å². The summed E-state index contributed by atoms with van der Waals surface area (Å²) in [5.74, 6) is 1.94. The van der Waals surface area contributed by atoms with E-state index in [1.165, 1.54) is 31.5 Å². The zero-order valence-electron chi connectivity index (χ0n) is 15.3. The van der Waals surface area contributed by atoms with E-state index in [-0.39, 0.29) is 6.09 Å². The molecular formula is C18H33N3O2. The quantitative estimate of drug-likeness (QED) is 0.685. The van der Waals surface area contributed by atoms with Crippen LogP contribution in [0.2, 0.25) is 0 Å². The molecule has 23 heavy (non-hydrogen) atoms. The number of rotatable bonds is 0. The average Bonchev–Trinajstić information content (AvgIpc) is 2.58. The van der Waals surface area contributed by atoms with Crippen molar-refractivity contribution >= 4 is 11.9 Å². The standard InChI is InChI=1S/C18H33N3O2/c1-15-8-6-5-7-9-16(19-14-15)20-10-12-21(13-11-20)17(22)23-18(2,3)4/h15H,5-14H2,1-4H3. The molecule has 0 bridgehead atoms. The van der Waals surface area contributed by atoms with Gasteiger partial charge >= 0.3 is 6.09 Å². The van der Waals surface area contributed by atoms with Crippen molar-refractivity contribution in [2.24, 2.45) is 10.9 Å². The van der Waals surface area contributed by atoms with Gasteiger partial charge in [0.15, 0.2) is 0 Å². The lowest BCUT2D eigenvalue weighted by atomic mass is 10.0. The summed E-state index contributed by atoms with van der Waals surface area (Å²) in [5, 5.41) is 0. The highest BCUT2D eigenvalue weighted by Crippen LogP contribution is 2.17. The predicted octanol–water partition coefficient (Wildman–Crippen LogP) is 3.54. The summed E-state index contributed by atoms with van der Waals surface area (Å²) in [6, 6.07) is 0. The van der Waals surface area contributed by atoms with Gasteiger partial charge < -0.3 is 14.5 Å². The number of hydrogen-bond acceptors (Lipinski definition) is 4. The highest BCUT2D eigenvalue weighted by atomic mass is 16.6. The SMILES string of the molecule is CC1CCCCCC(N2CCN(C(=O)OC(C)(C)C)CC2)=NC1. The molecule has 0 aliphatic carbocycles. The van der Waals surface area contributed by atoms with Gasteiger partial charge in [-0.3, -0.25) is 4.99 Å². The van der Waals surface area contributed by atoms with Gasteiger partial charge in [-0.1, -0.05) is 19.8 Å². The fourth-order valence-electron chi connectivity index (χ4n) is 3.12. The minimum absolute atomic E-state index is 0.192. The number of ether oxygens (including phenoxy) is 1. The Labute approximate surface area is 141 Å². The molecule has 1 amide bonds. The van der Waals surface area contributed by atoms with Crippen molar-refractivity contribution in [1.29, 1.82) is 0 Å². The predicted molar refractivity (Wildman–Crippen MR) is 93.9 cm³/mol. The molecule has 0 saturated carbocycles. The fraction of sp³-hybridized carbons (Fsp3) is 0.889. The van der Waals surface area contributed by atoms with E-state index in [4.69, 9.17) is 9.73 Å². The monoisotopic (exact) mass is 323 g/mol. The molecule has 132 valence electrons. The van der Waals surface area contributed by atoms with Gasteiger partial charge in [0.1, 0.15) is 5.60 Å². The van der Waals surface area contributed by atoms with Gasteiger partial charge in [0.05, 0.1) is 5.84 Å². The van der Waals surface area contributed by atoms with Crippen molar-refractivity contribution in [2.75, 3.05) is 32.7 Å². The molecule has 0 aromatic heterocycles. The number of nitrogens with zero attached hydrogens (tertiary/aromatic N) is 3. The third kappa shape index (κ3) is 6.04. The Balaban J connectivity index is 1.87. The molecule has 5 nitrogen and oxygen atoms in total. The van der Waals surface area contributed by atoms with Gasteiger partial charge in [-0.15, -0.1) is 0 Å². The fourth-order valence-corrected chi connectivity index (χ4v) is 3.12. The lowest BCUT2D eigenvalue weighted by Gasteiger charge is -2.37. The Morgan fingerprint density at radius 1 is 1.13 bits per heavy atom. The van der Waals surface area contributed by atoms with Crippen LogP contribution in [0.15, 0.2) is 4.99 Å². The van der Waals surface area contributed by atoms with Gasteiger partial charge in [-0.05, 0) is 39.5 Å². The van der Waals surface area contributed by atoms with E-state index in [2.05, 4.69) is 11.8 Å². The van der Waals surface area contributed by atoms with Crippen LogP contribution in [0.1, 0.15) is 59.8 Å². The summed E-state index contributed by atoms with van der Waals surface area (Å²) in [6.07, 6.45) is 6.06. The van der Waals surface area contributed by atoms with Crippen LogP contribution in [0.3, 0.4) is 0 Å². The normalized spacial score (nSPS) is 24.3. The first-order valence-electron chi connectivity index (χ1n) is 9.11. The molecule has 1 saturated heterocycles. The molecule has 5 heteroatoms. The third-order valence-corrected chi connectivity index (χ3v) is 4.48. The van der Waals surface area contributed by atoms with Crippen LogP contribution in [-0.4, -0.2) is 60.1 Å². The Bertz CT molecular complexity index is 420. The van der Waals surface area contributed by atoms with Crippen LogP contribution in [-0.2, 0) is 4.74 Å². The minimum atomic E-state index is -0.424. The number of aliphatic imine (C=N–C) groups is 1. The van der Waals surface area contributed by atoms with E-state index >= 15 is 0 Å². The molecule has 0 aromatic carbocycles. The third-order valence-electron chi connectivity index (χ3n) is 4.48. The van der Waals surface area contributed by atoms with Gasteiger partial charge in [-0.2, -0.15) is 0 Å². The first-order chi connectivity index (χ1) is 10.8. The molecule has 0 radical (unpaired) electrons. The Morgan fingerprint density at radius 3 is 2.48 bits per heavy atom. The zero-order valence-corrected chi connectivity index (χ0v) is 15.3. The van der Waals surface area contributed by atoms with Crippen LogP contribution < -0.4 is 0 Å². The van der Waals surface area contributed by atoms with E-state index in [1.54, 1.807) is 0 Å². The summed E-state index contributed by atoms with van der Waals surface area (Å²) in [6.45, 7) is 12.2. The van der Waals surface area contributed by atoms with Crippen LogP contribution in [0.25, 0.3) is 0 Å². The summed E-state index contributed by atoms with van der Waals surface area (Å²) in [4.78, 5) is 21.2. The zero-order chi connectivity index (χ0) is 16.9. The molecule has 1 fully saturated rings. The molecule has 0 aromatic rings. The van der Waals surface area contributed by atoms with Crippen molar-refractivity contribution in [2.45, 2.75) is 65.4 Å². The van der Waals surface area contributed by atoms with Crippen molar-refractivity contribution in [1.82, 2.24) is 9.80 Å². The van der Waals surface area contributed by atoms with Crippen LogP contribution in [0.4, 0.5) is 4.79 Å². The van der Waals surface area contributed by atoms with Gasteiger partial charge in [0.2, 0.25) is 0 Å². The average molecular weight is 323 g/mol.